The molecular formula is C2H7NNiO2-. The van der Waals surface area contributed by atoms with Crippen LogP contribution in [0.25, 0.3) is 0 Å². The van der Waals surface area contributed by atoms with Crippen LogP contribution in [-0.4, -0.2) is 4.25 Å². The van der Waals surface area contributed by atoms with Crippen molar-refractivity contribution in [3.8, 4) is 0 Å². The normalized spacial score (nSPS) is 6.50. The first kappa shape index (κ1) is 9.51. The van der Waals surface area contributed by atoms with E-state index in [1.165, 1.54) is 6.54 Å². The molecule has 0 aliphatic carbocycles. The molecule has 0 aromatic rings. The van der Waals surface area contributed by atoms with E-state index in [0.29, 0.717) is 0 Å². The van der Waals surface area contributed by atoms with E-state index >= 15 is 0 Å². The third-order valence-corrected chi connectivity index (χ3v) is 0. The predicted molar refractivity (Wildman–Crippen MR) is 17.1 cm³/mol. The van der Waals surface area contributed by atoms with Gasteiger partial charge in [0.25, 0.3) is 0 Å². The van der Waals surface area contributed by atoms with Crippen molar-refractivity contribution in [3.63, 3.8) is 0 Å². The fraction of sp³-hybridized carbons (Fsp3) is 0.500. The molecule has 0 bridgehead atoms. The predicted octanol–water partition coefficient (Wildman–Crippen LogP) is -0.552. The van der Waals surface area contributed by atoms with Crippen LogP contribution in [0.3, 0.4) is 0 Å². The molecule has 0 saturated heterocycles. The molecule has 0 aromatic heterocycles. The van der Waals surface area contributed by atoms with Crippen molar-refractivity contribution >= 4 is 0 Å². The fourth-order valence-electron chi connectivity index (χ4n) is 0. The third kappa shape index (κ3) is 955. The Morgan fingerprint density at radius 2 is 2.00 bits per heavy atom. The van der Waals surface area contributed by atoms with Crippen molar-refractivity contribution in [2.24, 2.45) is 5.73 Å². The van der Waals surface area contributed by atoms with Gasteiger partial charge in [-0.05, 0) is 0 Å². The number of hydrogen-bond acceptors (Lipinski definition) is 2. The molecule has 0 amide bonds. The van der Waals surface area contributed by atoms with Crippen LogP contribution in [0.5, 0.6) is 0 Å². The van der Waals surface area contributed by atoms with Gasteiger partial charge in [-0.2, -0.15) is 6.92 Å². The molecule has 0 rings (SSSR count). The zero-order chi connectivity index (χ0) is 5.41. The summed E-state index contributed by atoms with van der Waals surface area (Å²) in [6.07, 6.45) is 0. The van der Waals surface area contributed by atoms with E-state index in [9.17, 15) is 0 Å². The summed E-state index contributed by atoms with van der Waals surface area (Å²) in [5, 5.41) is 0. The fourth-order valence-corrected chi connectivity index (χ4v) is 0. The molecule has 0 unspecified atom stereocenters. The van der Waals surface area contributed by atoms with E-state index in [1.54, 1.807) is 6.92 Å². The van der Waals surface area contributed by atoms with Gasteiger partial charge in [-0.3, -0.25) is 6.54 Å². The Labute approximate surface area is 42.8 Å². The van der Waals surface area contributed by atoms with E-state index in [-0.39, 0.29) is 0 Å². The molecule has 0 radical (unpaired) electrons. The minimum absolute atomic E-state index is 0.625. The maximum atomic E-state index is 8.42. The van der Waals surface area contributed by atoms with Gasteiger partial charge in [-0.15, -0.1) is 0 Å². The Kier molecular flexibility index (Phi) is 30.0. The molecule has 3 N–H and O–H groups in total. The van der Waals surface area contributed by atoms with E-state index in [2.05, 4.69) is 0 Å². The first-order chi connectivity index (χ1) is 2.83. The summed E-state index contributed by atoms with van der Waals surface area (Å²) in [7, 11) is 0. The van der Waals surface area contributed by atoms with Gasteiger partial charge in [0.05, 0.1) is 0 Å². The molecule has 0 heterocycles. The second-order valence-corrected chi connectivity index (χ2v) is 0.571. The van der Waals surface area contributed by atoms with E-state index in [4.69, 9.17) is 13.9 Å². The molecule has 4 heteroatoms. The van der Waals surface area contributed by atoms with Gasteiger partial charge in [-0.25, -0.2) is 0 Å². The molecule has 0 aliphatic rings. The van der Waals surface area contributed by atoms with E-state index in [0.717, 1.165) is 0 Å². The second-order valence-electron chi connectivity index (χ2n) is 0.391. The summed E-state index contributed by atoms with van der Waals surface area (Å²) in [5.41, 5.74) is 4.72. The molecule has 0 saturated carbocycles. The number of rotatable bonds is 0. The monoisotopic (exact) mass is 135 g/mol. The summed E-state index contributed by atoms with van der Waals surface area (Å²) in [6.45, 7) is 3.28. The number of hydrogen-bond donors (Lipinski definition) is 2. The topological polar surface area (TPSA) is 63.3 Å². The Bertz CT molecular complexity index is 25.5. The van der Waals surface area contributed by atoms with Gasteiger partial charge >= 0.3 is 22.8 Å². The van der Waals surface area contributed by atoms with Crippen LogP contribution in [0.4, 0.5) is 0 Å². The zero-order valence-electron chi connectivity index (χ0n) is 3.33. The first-order valence-corrected chi connectivity index (χ1v) is 2.03. The van der Waals surface area contributed by atoms with Crippen molar-refractivity contribution in [2.45, 2.75) is 6.92 Å². The standard InChI is InChI=1S/C2H6N.Ni.H2O.O/c1-2-3;;;/h2H,3H2,1H3;;1H2;/q-1;+1;;/p-1. The van der Waals surface area contributed by atoms with Gasteiger partial charge in [0.2, 0.25) is 0 Å². The second kappa shape index (κ2) is 18.9. The Morgan fingerprint density at radius 3 is 2.00 bits per heavy atom. The summed E-state index contributed by atoms with van der Waals surface area (Å²) in [4.78, 5) is 0. The zero-order valence-corrected chi connectivity index (χ0v) is 4.31. The maximum absolute atomic E-state index is 8.42. The summed E-state index contributed by atoms with van der Waals surface area (Å²) in [5.74, 6) is 0. The van der Waals surface area contributed by atoms with Crippen LogP contribution in [-0.2, 0) is 18.6 Å². The third-order valence-electron chi connectivity index (χ3n) is 0. The van der Waals surface area contributed by atoms with Crippen LogP contribution in [0, 0.1) is 6.54 Å². The molecule has 0 atom stereocenters. The van der Waals surface area contributed by atoms with Crippen molar-refractivity contribution < 1.29 is 22.8 Å². The van der Waals surface area contributed by atoms with Crippen LogP contribution in [0.15, 0.2) is 0 Å². The molecule has 6 heavy (non-hydrogen) atoms. The van der Waals surface area contributed by atoms with Crippen LogP contribution in [0.2, 0.25) is 0 Å². The Morgan fingerprint density at radius 1 is 2.00 bits per heavy atom. The average molecular weight is 136 g/mol. The molecular weight excluding hydrogens is 129 g/mol. The van der Waals surface area contributed by atoms with Crippen LogP contribution >= 0.6 is 0 Å². The molecule has 3 nitrogen and oxygen atoms in total. The van der Waals surface area contributed by atoms with Crippen LogP contribution < -0.4 is 5.73 Å². The van der Waals surface area contributed by atoms with Gasteiger partial charge in [0.1, 0.15) is 0 Å². The van der Waals surface area contributed by atoms with Crippen molar-refractivity contribution in [1.29, 1.82) is 0 Å². The van der Waals surface area contributed by atoms with Gasteiger partial charge in [-0.1, -0.05) is 0 Å². The van der Waals surface area contributed by atoms with Gasteiger partial charge < -0.3 is 5.73 Å². The van der Waals surface area contributed by atoms with Gasteiger partial charge in [0.15, 0.2) is 0 Å². The summed E-state index contributed by atoms with van der Waals surface area (Å²) >= 11 is -0.625. The number of nitrogens with two attached hydrogens (primary N) is 1. The van der Waals surface area contributed by atoms with E-state index in [1.807, 2.05) is 0 Å². The Hall–Kier alpha value is 0.214. The summed E-state index contributed by atoms with van der Waals surface area (Å²) in [6, 6.07) is 0. The molecule has 0 aliphatic heterocycles. The molecule has 0 aromatic carbocycles. The van der Waals surface area contributed by atoms with E-state index < -0.39 is 14.7 Å². The average Bonchev–Trinajstić information content (AvgIpc) is 1.39. The minimum atomic E-state index is -0.625. The molecule has 0 spiro atoms. The van der Waals surface area contributed by atoms with Crippen LogP contribution in [0.1, 0.15) is 6.92 Å². The van der Waals surface area contributed by atoms with Crippen molar-refractivity contribution in [1.82, 2.24) is 0 Å². The molecule has 0 fully saturated rings. The Balaban J connectivity index is 0. The van der Waals surface area contributed by atoms with Crippen molar-refractivity contribution in [2.75, 3.05) is 0 Å². The van der Waals surface area contributed by atoms with Crippen molar-refractivity contribution in [3.05, 3.63) is 6.54 Å². The summed E-state index contributed by atoms with van der Waals surface area (Å²) < 4.78 is 15.4. The first-order valence-electron chi connectivity index (χ1n) is 1.18. The SMILES string of the molecule is C[CH-]N.[O]=[Ni][OH]. The molecule has 43 valence electrons. The van der Waals surface area contributed by atoms with Gasteiger partial charge in [0, 0.05) is 0 Å². The quantitative estimate of drug-likeness (QED) is 0.346.